The van der Waals surface area contributed by atoms with Crippen LogP contribution in [0.4, 0.5) is 17.1 Å². The summed E-state index contributed by atoms with van der Waals surface area (Å²) in [6.07, 6.45) is 1.29. The van der Waals surface area contributed by atoms with Crippen LogP contribution in [0.25, 0.3) is 11.3 Å². The van der Waals surface area contributed by atoms with Crippen molar-refractivity contribution in [3.05, 3.63) is 86.1 Å². The van der Waals surface area contributed by atoms with Gasteiger partial charge in [0.2, 0.25) is 0 Å². The number of furan rings is 1. The van der Waals surface area contributed by atoms with Gasteiger partial charge in [-0.15, -0.1) is 0 Å². The number of ether oxygens (including phenoxy) is 1. The number of carbonyl (C=O) groups is 1. The van der Waals surface area contributed by atoms with E-state index in [0.29, 0.717) is 22.6 Å². The van der Waals surface area contributed by atoms with Gasteiger partial charge in [0, 0.05) is 11.6 Å². The van der Waals surface area contributed by atoms with Crippen LogP contribution in [0.2, 0.25) is 0 Å². The van der Waals surface area contributed by atoms with Gasteiger partial charge in [-0.2, -0.15) is 5.10 Å². The molecule has 0 spiro atoms. The molecule has 0 amide bonds. The van der Waals surface area contributed by atoms with Crippen LogP contribution >= 0.6 is 0 Å². The number of hydrogen-bond acceptors (Lipinski definition) is 9. The zero-order valence-electron chi connectivity index (χ0n) is 15.5. The maximum Gasteiger partial charge on any atom is 0.337 e. The number of benzene rings is 2. The average molecular weight is 410 g/mol. The third-order valence-corrected chi connectivity index (χ3v) is 3.96. The summed E-state index contributed by atoms with van der Waals surface area (Å²) in [4.78, 5) is 32.1. The topological polar surface area (TPSA) is 150 Å². The second kappa shape index (κ2) is 8.65. The summed E-state index contributed by atoms with van der Waals surface area (Å²) >= 11 is 0. The van der Waals surface area contributed by atoms with E-state index < -0.39 is 27.2 Å². The van der Waals surface area contributed by atoms with Crippen LogP contribution in [0.3, 0.4) is 0 Å². The average Bonchev–Trinajstić information content (AvgIpc) is 3.22. The van der Waals surface area contributed by atoms with Crippen molar-refractivity contribution >= 4 is 29.2 Å². The molecule has 0 fully saturated rings. The number of hydrazone groups is 1. The summed E-state index contributed by atoms with van der Waals surface area (Å²) in [6, 6.07) is 13.1. The van der Waals surface area contributed by atoms with Crippen molar-refractivity contribution in [2.24, 2.45) is 5.10 Å². The lowest BCUT2D eigenvalue weighted by atomic mass is 10.1. The number of carbonyl (C=O) groups excluding carboxylic acids is 1. The third kappa shape index (κ3) is 4.47. The second-order valence-corrected chi connectivity index (χ2v) is 5.86. The van der Waals surface area contributed by atoms with Crippen molar-refractivity contribution in [3.63, 3.8) is 0 Å². The Hall–Kier alpha value is -4.54. The third-order valence-electron chi connectivity index (χ3n) is 3.96. The lowest BCUT2D eigenvalue weighted by Crippen LogP contribution is -2.00. The Bertz CT molecular complexity index is 1150. The van der Waals surface area contributed by atoms with E-state index in [1.807, 2.05) is 0 Å². The number of rotatable bonds is 7. The van der Waals surface area contributed by atoms with Crippen molar-refractivity contribution < 1.29 is 23.8 Å². The van der Waals surface area contributed by atoms with Crippen molar-refractivity contribution in [1.29, 1.82) is 0 Å². The van der Waals surface area contributed by atoms with Gasteiger partial charge in [-0.05, 0) is 30.3 Å². The van der Waals surface area contributed by atoms with Gasteiger partial charge in [-0.25, -0.2) is 4.79 Å². The number of nitro benzene ring substituents is 2. The molecular formula is C19H14N4O7. The fourth-order valence-electron chi connectivity index (χ4n) is 2.54. The molecule has 30 heavy (non-hydrogen) atoms. The summed E-state index contributed by atoms with van der Waals surface area (Å²) in [5.74, 6) is 0.341. The predicted octanol–water partition coefficient (Wildman–Crippen LogP) is 4.00. The number of hydrogen-bond donors (Lipinski definition) is 1. The number of nitrogens with zero attached hydrogens (tertiary/aromatic N) is 3. The minimum atomic E-state index is -0.746. The van der Waals surface area contributed by atoms with Crippen LogP contribution < -0.4 is 5.43 Å². The zero-order valence-corrected chi connectivity index (χ0v) is 15.5. The van der Waals surface area contributed by atoms with E-state index in [4.69, 9.17) is 9.15 Å². The molecule has 1 aromatic heterocycles. The molecule has 0 radical (unpaired) electrons. The SMILES string of the molecule is COC(=O)c1cccc(-c2ccc(/C=N\Nc3ccc([N+](=O)[O-])cc3[N+](=O)[O-])o2)c1. The molecule has 0 aliphatic carbocycles. The van der Waals surface area contributed by atoms with E-state index in [-0.39, 0.29) is 5.69 Å². The zero-order chi connectivity index (χ0) is 21.7. The Morgan fingerprint density at radius 3 is 2.60 bits per heavy atom. The molecular weight excluding hydrogens is 396 g/mol. The number of esters is 1. The Balaban J connectivity index is 1.76. The molecule has 0 aliphatic rings. The van der Waals surface area contributed by atoms with Gasteiger partial charge in [0.15, 0.2) is 0 Å². The Morgan fingerprint density at radius 2 is 1.90 bits per heavy atom. The second-order valence-electron chi connectivity index (χ2n) is 5.86. The van der Waals surface area contributed by atoms with Gasteiger partial charge >= 0.3 is 11.7 Å². The molecule has 0 unspecified atom stereocenters. The van der Waals surface area contributed by atoms with Gasteiger partial charge in [-0.3, -0.25) is 25.7 Å². The minimum Gasteiger partial charge on any atom is -0.465 e. The van der Waals surface area contributed by atoms with Crippen molar-refractivity contribution in [2.75, 3.05) is 12.5 Å². The molecule has 0 saturated heterocycles. The molecule has 0 bridgehead atoms. The fraction of sp³-hybridized carbons (Fsp3) is 0.0526. The molecule has 11 nitrogen and oxygen atoms in total. The quantitative estimate of drug-likeness (QED) is 0.266. The molecule has 0 saturated carbocycles. The highest BCUT2D eigenvalue weighted by atomic mass is 16.6. The number of nitrogens with one attached hydrogen (secondary N) is 1. The summed E-state index contributed by atoms with van der Waals surface area (Å²) in [5, 5.41) is 25.8. The Labute approximate surface area is 168 Å². The Morgan fingerprint density at radius 1 is 1.10 bits per heavy atom. The standard InChI is InChI=1S/C19H14N4O7/c1-29-19(24)13-4-2-3-12(9-13)18-8-6-15(30-18)11-20-21-16-7-5-14(22(25)26)10-17(16)23(27)28/h2-11,21H,1H3/b20-11-. The lowest BCUT2D eigenvalue weighted by Gasteiger charge is -2.02. The molecule has 3 rings (SSSR count). The van der Waals surface area contributed by atoms with Crippen LogP contribution in [-0.2, 0) is 4.74 Å². The van der Waals surface area contributed by atoms with Gasteiger partial charge in [-0.1, -0.05) is 12.1 Å². The van der Waals surface area contributed by atoms with E-state index in [1.54, 1.807) is 36.4 Å². The van der Waals surface area contributed by atoms with E-state index in [2.05, 4.69) is 10.5 Å². The van der Waals surface area contributed by atoms with Crippen LogP contribution in [0.1, 0.15) is 16.1 Å². The monoisotopic (exact) mass is 410 g/mol. The highest BCUT2D eigenvalue weighted by Crippen LogP contribution is 2.29. The number of methoxy groups -OCH3 is 1. The smallest absolute Gasteiger partial charge is 0.337 e. The molecule has 1 heterocycles. The molecule has 1 N–H and O–H groups in total. The lowest BCUT2D eigenvalue weighted by molar-refractivity contribution is -0.393. The summed E-state index contributed by atoms with van der Waals surface area (Å²) < 4.78 is 10.3. The van der Waals surface area contributed by atoms with Gasteiger partial charge in [0.1, 0.15) is 17.2 Å². The normalized spacial score (nSPS) is 10.7. The first-order chi connectivity index (χ1) is 14.4. The molecule has 11 heteroatoms. The van der Waals surface area contributed by atoms with Crippen molar-refractivity contribution in [1.82, 2.24) is 0 Å². The molecule has 152 valence electrons. The molecule has 2 aromatic carbocycles. The van der Waals surface area contributed by atoms with E-state index >= 15 is 0 Å². The summed E-state index contributed by atoms with van der Waals surface area (Å²) in [7, 11) is 1.29. The highest BCUT2D eigenvalue weighted by Gasteiger charge is 2.19. The van der Waals surface area contributed by atoms with Gasteiger partial charge < -0.3 is 9.15 Å². The van der Waals surface area contributed by atoms with Crippen molar-refractivity contribution in [2.45, 2.75) is 0 Å². The number of non-ortho nitro benzene ring substituents is 1. The van der Waals surface area contributed by atoms with Gasteiger partial charge in [0.05, 0.1) is 34.8 Å². The minimum absolute atomic E-state index is 0.0144. The Kier molecular flexibility index (Phi) is 5.82. The molecule has 0 atom stereocenters. The maximum atomic E-state index is 11.6. The van der Waals surface area contributed by atoms with Crippen LogP contribution in [0.5, 0.6) is 0 Å². The number of nitro groups is 2. The maximum absolute atomic E-state index is 11.6. The fourth-order valence-corrected chi connectivity index (χ4v) is 2.54. The van der Waals surface area contributed by atoms with E-state index in [1.165, 1.54) is 19.4 Å². The van der Waals surface area contributed by atoms with Crippen LogP contribution in [0.15, 0.2) is 64.1 Å². The first-order valence-electron chi connectivity index (χ1n) is 8.39. The molecule has 3 aromatic rings. The van der Waals surface area contributed by atoms with E-state index in [9.17, 15) is 25.0 Å². The van der Waals surface area contributed by atoms with Crippen molar-refractivity contribution in [3.8, 4) is 11.3 Å². The summed E-state index contributed by atoms with van der Waals surface area (Å²) in [6.45, 7) is 0. The largest absolute Gasteiger partial charge is 0.465 e. The summed E-state index contributed by atoms with van der Waals surface area (Å²) in [5.41, 5.74) is 2.59. The van der Waals surface area contributed by atoms with E-state index in [0.717, 1.165) is 12.1 Å². The first-order valence-corrected chi connectivity index (χ1v) is 8.39. The predicted molar refractivity (Wildman–Crippen MR) is 106 cm³/mol. The number of anilines is 1. The van der Waals surface area contributed by atoms with Gasteiger partial charge in [0.25, 0.3) is 5.69 Å². The van der Waals surface area contributed by atoms with Crippen LogP contribution in [-0.4, -0.2) is 29.1 Å². The van der Waals surface area contributed by atoms with Crippen LogP contribution in [0, 0.1) is 20.2 Å². The first kappa shape index (κ1) is 20.2. The molecule has 0 aliphatic heterocycles. The highest BCUT2D eigenvalue weighted by molar-refractivity contribution is 5.90.